The second-order valence-corrected chi connectivity index (χ2v) is 7.57. The highest BCUT2D eigenvalue weighted by Crippen LogP contribution is 2.37. The summed E-state index contributed by atoms with van der Waals surface area (Å²) in [6.45, 7) is 10.4. The fourth-order valence-electron chi connectivity index (χ4n) is 4.03. The van der Waals surface area contributed by atoms with Crippen molar-refractivity contribution < 1.29 is 10.2 Å². The Balaban J connectivity index is 1.97. The van der Waals surface area contributed by atoms with Crippen molar-refractivity contribution in [1.29, 1.82) is 0 Å². The third-order valence-corrected chi connectivity index (χ3v) is 5.32. The molecule has 2 aliphatic heterocycles. The van der Waals surface area contributed by atoms with E-state index in [0.29, 0.717) is 12.0 Å². The van der Waals surface area contributed by atoms with E-state index in [1.54, 1.807) is 0 Å². The van der Waals surface area contributed by atoms with Crippen molar-refractivity contribution in [2.45, 2.75) is 77.5 Å². The van der Waals surface area contributed by atoms with Crippen LogP contribution in [-0.2, 0) is 0 Å². The molecule has 2 heterocycles. The molecule has 4 atom stereocenters. The lowest BCUT2D eigenvalue weighted by Gasteiger charge is -2.43. The second-order valence-electron chi connectivity index (χ2n) is 7.57. The third-order valence-electron chi connectivity index (χ3n) is 5.32. The largest absolute Gasteiger partial charge is 0.389 e. The minimum absolute atomic E-state index is 0.305. The maximum absolute atomic E-state index is 10.7. The Morgan fingerprint density at radius 1 is 1.50 bits per heavy atom. The fourth-order valence-corrected chi connectivity index (χ4v) is 4.03. The highest BCUT2D eigenvalue weighted by atomic mass is 16.3. The van der Waals surface area contributed by atoms with Crippen molar-refractivity contribution >= 4 is 0 Å². The van der Waals surface area contributed by atoms with Gasteiger partial charge in [0.05, 0.1) is 11.7 Å². The van der Waals surface area contributed by atoms with Crippen molar-refractivity contribution in [3.05, 3.63) is 23.3 Å². The zero-order chi connectivity index (χ0) is 16.3. The number of allylic oxidation sites excluding steroid dienone is 2. The van der Waals surface area contributed by atoms with Crippen LogP contribution < -0.4 is 0 Å². The van der Waals surface area contributed by atoms with E-state index in [4.69, 9.17) is 0 Å². The van der Waals surface area contributed by atoms with Crippen LogP contribution in [0.15, 0.2) is 23.3 Å². The van der Waals surface area contributed by atoms with Gasteiger partial charge in [-0.3, -0.25) is 4.90 Å². The zero-order valence-electron chi connectivity index (χ0n) is 14.7. The van der Waals surface area contributed by atoms with Crippen LogP contribution in [0.4, 0.5) is 0 Å². The second kappa shape index (κ2) is 7.29. The first kappa shape index (κ1) is 17.7. The fraction of sp³-hybridized carbons (Fsp3) is 0.789. The van der Waals surface area contributed by atoms with Gasteiger partial charge in [0.1, 0.15) is 0 Å². The van der Waals surface area contributed by atoms with E-state index in [-0.39, 0.29) is 6.10 Å². The van der Waals surface area contributed by atoms with Crippen molar-refractivity contribution in [3.8, 4) is 0 Å². The summed E-state index contributed by atoms with van der Waals surface area (Å²) in [7, 11) is 0. The molecule has 3 heteroatoms. The van der Waals surface area contributed by atoms with Gasteiger partial charge in [0.25, 0.3) is 0 Å². The molecule has 2 aliphatic rings. The summed E-state index contributed by atoms with van der Waals surface area (Å²) < 4.78 is 0. The first-order chi connectivity index (χ1) is 10.3. The number of fused-ring (bicyclic) bond motifs is 1. The van der Waals surface area contributed by atoms with Crippen molar-refractivity contribution in [3.63, 3.8) is 0 Å². The van der Waals surface area contributed by atoms with E-state index in [0.717, 1.165) is 44.3 Å². The van der Waals surface area contributed by atoms with Gasteiger partial charge in [-0.1, -0.05) is 31.6 Å². The smallest absolute Gasteiger partial charge is 0.0811 e. The molecule has 2 saturated heterocycles. The van der Waals surface area contributed by atoms with Gasteiger partial charge in [0.15, 0.2) is 0 Å². The van der Waals surface area contributed by atoms with Crippen molar-refractivity contribution in [2.24, 2.45) is 5.92 Å². The molecule has 3 nitrogen and oxygen atoms in total. The van der Waals surface area contributed by atoms with Gasteiger partial charge >= 0.3 is 0 Å². The monoisotopic (exact) mass is 307 g/mol. The molecule has 0 amide bonds. The lowest BCUT2D eigenvalue weighted by molar-refractivity contribution is -0.0330. The maximum Gasteiger partial charge on any atom is 0.0811 e. The van der Waals surface area contributed by atoms with Crippen LogP contribution in [0.25, 0.3) is 0 Å². The first-order valence-electron chi connectivity index (χ1n) is 8.84. The lowest BCUT2D eigenvalue weighted by atomic mass is 9.82. The lowest BCUT2D eigenvalue weighted by Crippen LogP contribution is -2.52. The van der Waals surface area contributed by atoms with Gasteiger partial charge in [-0.05, 0) is 64.0 Å². The number of aliphatic hydroxyl groups is 2. The highest BCUT2D eigenvalue weighted by Gasteiger charge is 2.43. The molecule has 22 heavy (non-hydrogen) atoms. The molecule has 0 spiro atoms. The van der Waals surface area contributed by atoms with Gasteiger partial charge in [-0.2, -0.15) is 0 Å². The van der Waals surface area contributed by atoms with Gasteiger partial charge in [-0.25, -0.2) is 0 Å². The molecule has 0 aromatic carbocycles. The topological polar surface area (TPSA) is 43.7 Å². The van der Waals surface area contributed by atoms with Gasteiger partial charge in [-0.15, -0.1) is 0 Å². The van der Waals surface area contributed by atoms with Crippen LogP contribution in [0, 0.1) is 5.92 Å². The number of piperidine rings is 1. The Labute approximate surface area is 135 Å². The molecule has 0 radical (unpaired) electrons. The van der Waals surface area contributed by atoms with Crippen LogP contribution in [0.1, 0.15) is 59.8 Å². The summed E-state index contributed by atoms with van der Waals surface area (Å²) in [5, 5.41) is 20.5. The summed E-state index contributed by atoms with van der Waals surface area (Å²) in [4.78, 5) is 2.45. The van der Waals surface area contributed by atoms with E-state index in [1.165, 1.54) is 12.0 Å². The standard InChI is InChI=1S/C19H33NO2/c1-5-17(21)15(3)9-8-14(2)11-16-12-19(4,22)18-7-6-10-20(18)13-16/h9,11,14,17-18,21-22H,5-8,10,12-13H2,1-4H3/b15-9+,16-11-. The van der Waals surface area contributed by atoms with E-state index in [2.05, 4.69) is 24.0 Å². The molecule has 2 rings (SSSR count). The molecule has 0 aromatic heterocycles. The summed E-state index contributed by atoms with van der Waals surface area (Å²) in [5.41, 5.74) is 1.87. The van der Waals surface area contributed by atoms with E-state index >= 15 is 0 Å². The zero-order valence-corrected chi connectivity index (χ0v) is 14.7. The molecule has 0 aliphatic carbocycles. The average molecular weight is 307 g/mol. The third kappa shape index (κ3) is 4.21. The highest BCUT2D eigenvalue weighted by molar-refractivity contribution is 5.18. The Hall–Kier alpha value is -0.640. The predicted molar refractivity (Wildman–Crippen MR) is 91.8 cm³/mol. The molecule has 0 aromatic rings. The number of nitrogens with zero attached hydrogens (tertiary/aromatic N) is 1. The number of hydrogen-bond acceptors (Lipinski definition) is 3. The minimum Gasteiger partial charge on any atom is -0.389 e. The van der Waals surface area contributed by atoms with Crippen LogP contribution >= 0.6 is 0 Å². The first-order valence-corrected chi connectivity index (χ1v) is 8.84. The van der Waals surface area contributed by atoms with Gasteiger partial charge in [0, 0.05) is 12.6 Å². The number of hydrogen-bond donors (Lipinski definition) is 2. The Bertz CT molecular complexity index is 439. The molecule has 0 saturated carbocycles. The van der Waals surface area contributed by atoms with Gasteiger partial charge in [0.2, 0.25) is 0 Å². The number of rotatable bonds is 5. The molecular weight excluding hydrogens is 274 g/mol. The van der Waals surface area contributed by atoms with Crippen LogP contribution in [0.2, 0.25) is 0 Å². The van der Waals surface area contributed by atoms with Crippen LogP contribution in [0.3, 0.4) is 0 Å². The van der Waals surface area contributed by atoms with Crippen molar-refractivity contribution in [1.82, 2.24) is 4.90 Å². The summed E-state index contributed by atoms with van der Waals surface area (Å²) in [6, 6.07) is 0.349. The summed E-state index contributed by atoms with van der Waals surface area (Å²) >= 11 is 0. The van der Waals surface area contributed by atoms with E-state index < -0.39 is 5.60 Å². The average Bonchev–Trinajstić information content (AvgIpc) is 2.92. The SMILES string of the molecule is CCC(O)/C(C)=C/CC(C)/C=C1\CN2CCCC2C(C)(O)C1. The minimum atomic E-state index is -0.579. The Morgan fingerprint density at radius 3 is 2.91 bits per heavy atom. The van der Waals surface area contributed by atoms with Crippen LogP contribution in [0.5, 0.6) is 0 Å². The Morgan fingerprint density at radius 2 is 2.23 bits per heavy atom. The predicted octanol–water partition coefficient (Wildman–Crippen LogP) is 3.28. The quantitative estimate of drug-likeness (QED) is 0.766. The molecule has 2 fully saturated rings. The van der Waals surface area contributed by atoms with E-state index in [1.807, 2.05) is 20.8 Å². The van der Waals surface area contributed by atoms with Gasteiger partial charge < -0.3 is 10.2 Å². The Kier molecular flexibility index (Phi) is 5.87. The molecule has 2 N–H and O–H groups in total. The van der Waals surface area contributed by atoms with Crippen molar-refractivity contribution in [2.75, 3.05) is 13.1 Å². The molecular formula is C19H33NO2. The number of aliphatic hydroxyl groups excluding tert-OH is 1. The summed E-state index contributed by atoms with van der Waals surface area (Å²) in [5.74, 6) is 0.448. The van der Waals surface area contributed by atoms with E-state index in [9.17, 15) is 10.2 Å². The molecule has 4 unspecified atom stereocenters. The molecule has 126 valence electrons. The normalized spacial score (nSPS) is 34.7. The summed E-state index contributed by atoms with van der Waals surface area (Å²) in [6.07, 6.45) is 9.07. The van der Waals surface area contributed by atoms with Crippen LogP contribution in [-0.4, -0.2) is 45.9 Å². The maximum atomic E-state index is 10.7. The molecule has 0 bridgehead atoms.